The Morgan fingerprint density at radius 3 is 2.55 bits per heavy atom. The van der Waals surface area contributed by atoms with Crippen LogP contribution >= 0.6 is 0 Å². The summed E-state index contributed by atoms with van der Waals surface area (Å²) in [5, 5.41) is 3.68. The van der Waals surface area contributed by atoms with Crippen LogP contribution in [0.25, 0.3) is 0 Å². The summed E-state index contributed by atoms with van der Waals surface area (Å²) in [5.41, 5.74) is 2.03. The lowest BCUT2D eigenvalue weighted by Gasteiger charge is -2.41. The van der Waals surface area contributed by atoms with Crippen LogP contribution in [0.5, 0.6) is 0 Å². The summed E-state index contributed by atoms with van der Waals surface area (Å²) >= 11 is 0. The molecule has 0 heterocycles. The first kappa shape index (κ1) is 15.6. The molecule has 0 aromatic heterocycles. The van der Waals surface area contributed by atoms with Crippen molar-refractivity contribution in [2.75, 3.05) is 13.1 Å². The van der Waals surface area contributed by atoms with Gasteiger partial charge in [-0.05, 0) is 61.1 Å². The number of hydrogen-bond donors (Lipinski definition) is 1. The van der Waals surface area contributed by atoms with E-state index in [0.29, 0.717) is 5.41 Å². The van der Waals surface area contributed by atoms with Crippen LogP contribution in [-0.2, 0) is 0 Å². The smallest absolute Gasteiger partial charge is 0.00145 e. The van der Waals surface area contributed by atoms with Gasteiger partial charge in [-0.25, -0.2) is 0 Å². The van der Waals surface area contributed by atoms with E-state index in [1.165, 1.54) is 31.4 Å². The fourth-order valence-corrected chi connectivity index (χ4v) is 3.53. The molecule has 1 N–H and O–H groups in total. The van der Waals surface area contributed by atoms with E-state index in [0.717, 1.165) is 24.3 Å². The Morgan fingerprint density at radius 1 is 1.20 bits per heavy atom. The lowest BCUT2D eigenvalue weighted by atomic mass is 9.65. The summed E-state index contributed by atoms with van der Waals surface area (Å²) in [6, 6.07) is 11.2. The Kier molecular flexibility index (Phi) is 5.26. The van der Waals surface area contributed by atoms with Gasteiger partial charge in [-0.2, -0.15) is 0 Å². The van der Waals surface area contributed by atoms with Crippen molar-refractivity contribution in [2.24, 2.45) is 17.3 Å². The molecule has 1 heteroatoms. The van der Waals surface area contributed by atoms with Crippen molar-refractivity contribution in [3.05, 3.63) is 35.9 Å². The molecule has 2 atom stereocenters. The Morgan fingerprint density at radius 2 is 1.90 bits per heavy atom. The van der Waals surface area contributed by atoms with Gasteiger partial charge in [0, 0.05) is 0 Å². The zero-order valence-electron chi connectivity index (χ0n) is 13.7. The first-order chi connectivity index (χ1) is 9.48. The van der Waals surface area contributed by atoms with Crippen molar-refractivity contribution in [3.63, 3.8) is 0 Å². The van der Waals surface area contributed by atoms with Gasteiger partial charge in [0.05, 0.1) is 0 Å². The first-order valence-corrected chi connectivity index (χ1v) is 8.23. The van der Waals surface area contributed by atoms with Crippen molar-refractivity contribution in [1.29, 1.82) is 0 Å². The largest absolute Gasteiger partial charge is 0.316 e. The van der Waals surface area contributed by atoms with Gasteiger partial charge in [0.1, 0.15) is 0 Å². The topological polar surface area (TPSA) is 12.0 Å². The minimum absolute atomic E-state index is 0.495. The van der Waals surface area contributed by atoms with E-state index in [9.17, 15) is 0 Å². The maximum Gasteiger partial charge on any atom is -0.00145 e. The summed E-state index contributed by atoms with van der Waals surface area (Å²) < 4.78 is 0. The van der Waals surface area contributed by atoms with E-state index in [1.54, 1.807) is 0 Å². The molecule has 112 valence electrons. The fraction of sp³-hybridized carbons (Fsp3) is 0.684. The van der Waals surface area contributed by atoms with Gasteiger partial charge in [0.25, 0.3) is 0 Å². The van der Waals surface area contributed by atoms with Gasteiger partial charge in [-0.15, -0.1) is 0 Å². The minimum atomic E-state index is 0.495. The predicted octanol–water partition coefficient (Wildman–Crippen LogP) is 4.84. The second-order valence-corrected chi connectivity index (χ2v) is 7.74. The maximum absolute atomic E-state index is 3.68. The highest BCUT2D eigenvalue weighted by molar-refractivity contribution is 5.21. The van der Waals surface area contributed by atoms with E-state index in [-0.39, 0.29) is 0 Å². The molecule has 1 aromatic carbocycles. The third kappa shape index (κ3) is 4.34. The van der Waals surface area contributed by atoms with Gasteiger partial charge < -0.3 is 5.32 Å². The Labute approximate surface area is 125 Å². The third-order valence-electron chi connectivity index (χ3n) is 4.72. The van der Waals surface area contributed by atoms with Crippen molar-refractivity contribution >= 4 is 0 Å². The zero-order chi connectivity index (χ0) is 14.6. The molecule has 0 radical (unpaired) electrons. The summed E-state index contributed by atoms with van der Waals surface area (Å²) in [4.78, 5) is 0. The summed E-state index contributed by atoms with van der Waals surface area (Å²) in [6.07, 6.45) is 4.05. The van der Waals surface area contributed by atoms with E-state index in [2.05, 4.69) is 63.3 Å². The Balaban J connectivity index is 2.05. The standard InChI is InChI=1S/C19H31N/c1-15(2)13-20-14-17-10-11-19(3,4)12-18(17)16-8-6-5-7-9-16/h5-9,15,17-18,20H,10-14H2,1-4H3. The van der Waals surface area contributed by atoms with Crippen LogP contribution in [0.15, 0.2) is 30.3 Å². The molecule has 2 rings (SSSR count). The van der Waals surface area contributed by atoms with Crippen LogP contribution in [0.3, 0.4) is 0 Å². The van der Waals surface area contributed by atoms with E-state index < -0.39 is 0 Å². The highest BCUT2D eigenvalue weighted by Crippen LogP contribution is 2.46. The highest BCUT2D eigenvalue weighted by Gasteiger charge is 2.35. The molecule has 1 saturated carbocycles. The molecule has 0 saturated heterocycles. The second kappa shape index (κ2) is 6.76. The van der Waals surface area contributed by atoms with Crippen molar-refractivity contribution in [1.82, 2.24) is 5.32 Å². The quantitative estimate of drug-likeness (QED) is 0.809. The normalized spacial score (nSPS) is 25.9. The van der Waals surface area contributed by atoms with Crippen LogP contribution < -0.4 is 5.32 Å². The molecule has 1 fully saturated rings. The summed E-state index contributed by atoms with van der Waals surface area (Å²) in [6.45, 7) is 11.7. The van der Waals surface area contributed by atoms with Gasteiger partial charge in [-0.1, -0.05) is 58.0 Å². The van der Waals surface area contributed by atoms with Gasteiger partial charge in [0.15, 0.2) is 0 Å². The molecule has 0 spiro atoms. The van der Waals surface area contributed by atoms with E-state index >= 15 is 0 Å². The van der Waals surface area contributed by atoms with Crippen molar-refractivity contribution in [2.45, 2.75) is 52.9 Å². The molecule has 2 unspecified atom stereocenters. The molecule has 1 aromatic rings. The maximum atomic E-state index is 3.68. The lowest BCUT2D eigenvalue weighted by Crippen LogP contribution is -2.35. The number of nitrogens with one attached hydrogen (secondary N) is 1. The average Bonchev–Trinajstić information content (AvgIpc) is 2.40. The average molecular weight is 273 g/mol. The number of rotatable bonds is 5. The monoisotopic (exact) mass is 273 g/mol. The SMILES string of the molecule is CC(C)CNCC1CCC(C)(C)CC1c1ccccc1. The van der Waals surface area contributed by atoms with Crippen LogP contribution in [0, 0.1) is 17.3 Å². The van der Waals surface area contributed by atoms with Gasteiger partial charge in [0.2, 0.25) is 0 Å². The van der Waals surface area contributed by atoms with Gasteiger partial charge >= 0.3 is 0 Å². The fourth-order valence-electron chi connectivity index (χ4n) is 3.53. The highest BCUT2D eigenvalue weighted by atomic mass is 14.9. The summed E-state index contributed by atoms with van der Waals surface area (Å²) in [7, 11) is 0. The van der Waals surface area contributed by atoms with E-state index in [1.807, 2.05) is 0 Å². The van der Waals surface area contributed by atoms with Crippen LogP contribution in [0.2, 0.25) is 0 Å². The van der Waals surface area contributed by atoms with Crippen molar-refractivity contribution in [3.8, 4) is 0 Å². The van der Waals surface area contributed by atoms with E-state index in [4.69, 9.17) is 0 Å². The molecule has 1 aliphatic rings. The number of hydrogen-bond acceptors (Lipinski definition) is 1. The lowest BCUT2D eigenvalue weighted by molar-refractivity contribution is 0.159. The third-order valence-corrected chi connectivity index (χ3v) is 4.72. The molecule has 0 amide bonds. The molecular formula is C19H31N. The second-order valence-electron chi connectivity index (χ2n) is 7.74. The van der Waals surface area contributed by atoms with Crippen molar-refractivity contribution < 1.29 is 0 Å². The molecule has 0 aliphatic heterocycles. The van der Waals surface area contributed by atoms with Crippen LogP contribution in [-0.4, -0.2) is 13.1 Å². The Hall–Kier alpha value is -0.820. The molecule has 1 nitrogen and oxygen atoms in total. The minimum Gasteiger partial charge on any atom is -0.316 e. The molecule has 20 heavy (non-hydrogen) atoms. The number of benzene rings is 1. The van der Waals surface area contributed by atoms with Crippen LogP contribution in [0.1, 0.15) is 58.4 Å². The first-order valence-electron chi connectivity index (χ1n) is 8.23. The Bertz CT molecular complexity index is 393. The van der Waals surface area contributed by atoms with Gasteiger partial charge in [-0.3, -0.25) is 0 Å². The predicted molar refractivity (Wildman–Crippen MR) is 88.0 cm³/mol. The molecule has 1 aliphatic carbocycles. The molecule has 0 bridgehead atoms. The summed E-state index contributed by atoms with van der Waals surface area (Å²) in [5.74, 6) is 2.26. The molecular weight excluding hydrogens is 242 g/mol. The zero-order valence-corrected chi connectivity index (χ0v) is 13.7. The van der Waals surface area contributed by atoms with Crippen LogP contribution in [0.4, 0.5) is 0 Å².